The predicted octanol–water partition coefficient (Wildman–Crippen LogP) is 4.88. The maximum absolute atomic E-state index is 14.7. The molecule has 7 nitrogen and oxygen atoms in total. The van der Waals surface area contributed by atoms with E-state index in [0.717, 1.165) is 63.4 Å². The Labute approximate surface area is 208 Å². The zero-order valence-corrected chi connectivity index (χ0v) is 20.4. The largest absolute Gasteiger partial charge is 0.444 e. The smallest absolute Gasteiger partial charge is 0.278 e. The van der Waals surface area contributed by atoms with Gasteiger partial charge in [0.2, 0.25) is 0 Å². The Morgan fingerprint density at radius 3 is 2.71 bits per heavy atom. The van der Waals surface area contributed by atoms with Crippen LogP contribution >= 0.6 is 11.6 Å². The number of fused-ring (bicyclic) bond motifs is 1. The minimum atomic E-state index is -1.23. The molecule has 3 aliphatic rings. The van der Waals surface area contributed by atoms with Crippen LogP contribution in [0.5, 0.6) is 11.5 Å². The molecule has 0 bridgehead atoms. The molecule has 9 heteroatoms. The van der Waals surface area contributed by atoms with Crippen molar-refractivity contribution in [3.05, 3.63) is 70.5 Å². The summed E-state index contributed by atoms with van der Waals surface area (Å²) in [4.78, 5) is 2.42. The zero-order valence-electron chi connectivity index (χ0n) is 19.6. The van der Waals surface area contributed by atoms with Crippen LogP contribution in [-0.2, 0) is 23.6 Å². The molecular weight excluding hydrogens is 471 g/mol. The van der Waals surface area contributed by atoms with E-state index in [1.165, 1.54) is 6.07 Å². The van der Waals surface area contributed by atoms with Gasteiger partial charge < -0.3 is 18.8 Å². The van der Waals surface area contributed by atoms with Crippen molar-refractivity contribution in [2.45, 2.75) is 57.1 Å². The van der Waals surface area contributed by atoms with Crippen molar-refractivity contribution in [3.8, 4) is 11.5 Å². The molecule has 0 amide bonds. The first-order valence-corrected chi connectivity index (χ1v) is 12.5. The van der Waals surface area contributed by atoms with Crippen LogP contribution in [0.2, 0.25) is 5.02 Å². The molecule has 0 N–H and O–H groups in total. The summed E-state index contributed by atoms with van der Waals surface area (Å²) in [6.07, 6.45) is 5.16. The fourth-order valence-electron chi connectivity index (χ4n) is 5.24. The van der Waals surface area contributed by atoms with Gasteiger partial charge in [-0.2, -0.15) is 0 Å². The molecule has 4 heterocycles. The van der Waals surface area contributed by atoms with Gasteiger partial charge in [-0.1, -0.05) is 23.7 Å². The number of ether oxygens (including phenoxy) is 3. The molecule has 3 aromatic rings. The van der Waals surface area contributed by atoms with E-state index in [1.54, 1.807) is 25.4 Å². The molecule has 0 radical (unpaired) electrons. The van der Waals surface area contributed by atoms with Gasteiger partial charge in [0.1, 0.15) is 18.0 Å². The first-order chi connectivity index (χ1) is 17.0. The van der Waals surface area contributed by atoms with Gasteiger partial charge in [-0.15, -0.1) is 10.2 Å². The molecule has 2 aromatic carbocycles. The lowest BCUT2D eigenvalue weighted by Crippen LogP contribution is -2.35. The van der Waals surface area contributed by atoms with E-state index in [4.69, 9.17) is 25.8 Å². The van der Waals surface area contributed by atoms with Crippen LogP contribution in [0.15, 0.2) is 42.7 Å². The van der Waals surface area contributed by atoms with Crippen LogP contribution in [-0.4, -0.2) is 45.5 Å². The number of aromatic nitrogens is 3. The Morgan fingerprint density at radius 2 is 1.97 bits per heavy atom. The van der Waals surface area contributed by atoms with Crippen LogP contribution < -0.4 is 9.47 Å². The summed E-state index contributed by atoms with van der Waals surface area (Å²) in [5, 5.41) is 8.80. The molecular formula is C26H28ClFN4O3. The average Bonchev–Trinajstić information content (AvgIpc) is 3.40. The van der Waals surface area contributed by atoms with E-state index < -0.39 is 11.6 Å². The van der Waals surface area contributed by atoms with Crippen LogP contribution in [0.1, 0.15) is 49.1 Å². The molecule has 1 unspecified atom stereocenters. The lowest BCUT2D eigenvalue weighted by molar-refractivity contribution is -0.0712. The summed E-state index contributed by atoms with van der Waals surface area (Å²) < 4.78 is 34.8. The van der Waals surface area contributed by atoms with Crippen LogP contribution in [0.3, 0.4) is 0 Å². The molecule has 3 aliphatic heterocycles. The number of piperidine rings is 1. The van der Waals surface area contributed by atoms with E-state index in [2.05, 4.69) is 25.7 Å². The Morgan fingerprint density at radius 1 is 1.14 bits per heavy atom. The summed E-state index contributed by atoms with van der Waals surface area (Å²) in [5.74, 6) is 0.998. The van der Waals surface area contributed by atoms with Crippen molar-refractivity contribution in [2.75, 3.05) is 19.7 Å². The number of para-hydroxylation sites is 1. The average molecular weight is 499 g/mol. The topological polar surface area (TPSA) is 61.6 Å². The fraction of sp³-hybridized carbons (Fsp3) is 0.462. The summed E-state index contributed by atoms with van der Waals surface area (Å²) >= 11 is 5.94. The zero-order chi connectivity index (χ0) is 24.0. The SMILES string of the molecule is CC1(c2ccc(Cl)cc2F)Oc2cccc(C3CCN(Cc4nncn4C[C@@H]4CCO4)CC3)c2O1. The molecule has 184 valence electrons. The highest BCUT2D eigenvalue weighted by Gasteiger charge is 2.43. The molecule has 2 atom stereocenters. The minimum Gasteiger partial charge on any atom is -0.444 e. The molecule has 2 saturated heterocycles. The lowest BCUT2D eigenvalue weighted by Gasteiger charge is -2.33. The highest BCUT2D eigenvalue weighted by atomic mass is 35.5. The number of rotatable bonds is 6. The van der Waals surface area contributed by atoms with Gasteiger partial charge in [0.05, 0.1) is 24.8 Å². The number of nitrogens with zero attached hydrogens (tertiary/aromatic N) is 4. The molecule has 0 spiro atoms. The van der Waals surface area contributed by atoms with Gasteiger partial charge in [0.25, 0.3) is 5.79 Å². The second-order valence-corrected chi connectivity index (χ2v) is 10.1. The van der Waals surface area contributed by atoms with Crippen molar-refractivity contribution in [2.24, 2.45) is 0 Å². The quantitative estimate of drug-likeness (QED) is 0.482. The standard InChI is InChI=1S/C26H28ClFN4O3/c1-26(21-6-5-18(27)13-22(21)28)34-23-4-2-3-20(25(23)35-26)17-7-10-31(11-8-17)15-24-30-29-16-32(24)14-19-9-12-33-19/h2-6,13,16-17,19H,7-12,14-15H2,1H3/t19-,26?/m0/s1. The van der Waals surface area contributed by atoms with E-state index in [-0.39, 0.29) is 6.10 Å². The number of halogens is 2. The maximum Gasteiger partial charge on any atom is 0.278 e. The maximum atomic E-state index is 14.7. The first kappa shape index (κ1) is 22.8. The number of hydrogen-bond acceptors (Lipinski definition) is 6. The summed E-state index contributed by atoms with van der Waals surface area (Å²) in [7, 11) is 0. The second-order valence-electron chi connectivity index (χ2n) is 9.68. The van der Waals surface area contributed by atoms with Crippen molar-refractivity contribution in [3.63, 3.8) is 0 Å². The fourth-order valence-corrected chi connectivity index (χ4v) is 5.40. The third-order valence-electron chi connectivity index (χ3n) is 7.31. The third kappa shape index (κ3) is 4.39. The second kappa shape index (κ2) is 9.08. The summed E-state index contributed by atoms with van der Waals surface area (Å²) in [6, 6.07) is 10.5. The Balaban J connectivity index is 1.13. The first-order valence-electron chi connectivity index (χ1n) is 12.2. The Hall–Kier alpha value is -2.68. The number of likely N-dealkylation sites (tertiary alicyclic amines) is 1. The number of hydrogen-bond donors (Lipinski definition) is 0. The van der Waals surface area contributed by atoms with Gasteiger partial charge in [-0.3, -0.25) is 4.90 Å². The van der Waals surface area contributed by atoms with Gasteiger partial charge in [0.15, 0.2) is 11.5 Å². The van der Waals surface area contributed by atoms with Crippen molar-refractivity contribution < 1.29 is 18.6 Å². The molecule has 0 saturated carbocycles. The molecule has 1 aromatic heterocycles. The van der Waals surface area contributed by atoms with E-state index in [1.807, 2.05) is 12.1 Å². The van der Waals surface area contributed by atoms with Crippen molar-refractivity contribution >= 4 is 11.6 Å². The van der Waals surface area contributed by atoms with Crippen LogP contribution in [0.25, 0.3) is 0 Å². The Kier molecular flexibility index (Phi) is 5.90. The highest BCUT2D eigenvalue weighted by molar-refractivity contribution is 6.30. The third-order valence-corrected chi connectivity index (χ3v) is 7.55. The molecule has 2 fully saturated rings. The highest BCUT2D eigenvalue weighted by Crippen LogP contribution is 2.49. The summed E-state index contributed by atoms with van der Waals surface area (Å²) in [6.45, 7) is 6.09. The summed E-state index contributed by atoms with van der Waals surface area (Å²) in [5.41, 5.74) is 1.45. The van der Waals surface area contributed by atoms with Crippen molar-refractivity contribution in [1.82, 2.24) is 19.7 Å². The minimum absolute atomic E-state index is 0.282. The van der Waals surface area contributed by atoms with Gasteiger partial charge in [-0.05, 0) is 62.5 Å². The predicted molar refractivity (Wildman–Crippen MR) is 128 cm³/mol. The van der Waals surface area contributed by atoms with E-state index in [0.29, 0.717) is 28.0 Å². The van der Waals surface area contributed by atoms with Gasteiger partial charge in [0, 0.05) is 24.1 Å². The van der Waals surface area contributed by atoms with Crippen molar-refractivity contribution in [1.29, 1.82) is 0 Å². The Bertz CT molecular complexity index is 1230. The van der Waals surface area contributed by atoms with Gasteiger partial charge in [-0.25, -0.2) is 4.39 Å². The molecule has 0 aliphatic carbocycles. The normalized spacial score (nSPS) is 24.5. The van der Waals surface area contributed by atoms with E-state index in [9.17, 15) is 4.39 Å². The molecule has 35 heavy (non-hydrogen) atoms. The number of benzene rings is 2. The molecule has 6 rings (SSSR count). The monoisotopic (exact) mass is 498 g/mol. The van der Waals surface area contributed by atoms with E-state index >= 15 is 0 Å². The lowest BCUT2D eigenvalue weighted by atomic mass is 9.88. The van der Waals surface area contributed by atoms with Crippen LogP contribution in [0, 0.1) is 5.82 Å². The van der Waals surface area contributed by atoms with Gasteiger partial charge >= 0.3 is 0 Å². The van der Waals surface area contributed by atoms with Crippen LogP contribution in [0.4, 0.5) is 4.39 Å².